The van der Waals surface area contributed by atoms with E-state index in [0.717, 1.165) is 18.9 Å². The van der Waals surface area contributed by atoms with Gasteiger partial charge in [0, 0.05) is 18.4 Å². The van der Waals surface area contributed by atoms with E-state index in [4.69, 9.17) is 0 Å². The topological polar surface area (TPSA) is 24.9 Å². The molecule has 0 bridgehead atoms. The van der Waals surface area contributed by atoms with Gasteiger partial charge in [-0.3, -0.25) is 4.98 Å². The molecule has 2 rings (SSSR count). The summed E-state index contributed by atoms with van der Waals surface area (Å²) in [5, 5.41) is 3.69. The molecule has 1 aromatic rings. The molecule has 1 aromatic heterocycles. The Labute approximate surface area is 98.5 Å². The van der Waals surface area contributed by atoms with Gasteiger partial charge in [0.05, 0.1) is 0 Å². The van der Waals surface area contributed by atoms with Gasteiger partial charge >= 0.3 is 0 Å². The van der Waals surface area contributed by atoms with Crippen LogP contribution in [0.2, 0.25) is 0 Å². The number of rotatable bonds is 6. The van der Waals surface area contributed by atoms with Crippen LogP contribution in [0.3, 0.4) is 0 Å². The lowest BCUT2D eigenvalue weighted by Crippen LogP contribution is -2.24. The van der Waals surface area contributed by atoms with E-state index in [2.05, 4.69) is 30.2 Å². The molecule has 0 amide bonds. The summed E-state index contributed by atoms with van der Waals surface area (Å²) in [6.45, 7) is 5.56. The first-order chi connectivity index (χ1) is 7.86. The number of aromatic nitrogens is 1. The average molecular weight is 218 g/mol. The summed E-state index contributed by atoms with van der Waals surface area (Å²) in [5.41, 5.74) is 2.89. The zero-order valence-corrected chi connectivity index (χ0v) is 10.4. The Bertz CT molecular complexity index is 331. The van der Waals surface area contributed by atoms with Crippen LogP contribution in [0, 0.1) is 5.92 Å². The van der Waals surface area contributed by atoms with E-state index in [1.54, 1.807) is 0 Å². The number of pyridine rings is 1. The lowest BCUT2D eigenvalue weighted by atomic mass is 9.97. The molecule has 16 heavy (non-hydrogen) atoms. The van der Waals surface area contributed by atoms with Gasteiger partial charge in [-0.2, -0.15) is 0 Å². The molecule has 0 spiro atoms. The Kier molecular flexibility index (Phi) is 3.94. The standard InChI is InChI=1S/C14H22N2/c1-3-8-16-14(12-5-6-12)13-7-9-15-10-11(13)4-2/h7,9-10,12,14,16H,3-6,8H2,1-2H3. The van der Waals surface area contributed by atoms with Gasteiger partial charge in [-0.25, -0.2) is 0 Å². The van der Waals surface area contributed by atoms with E-state index in [0.29, 0.717) is 6.04 Å². The van der Waals surface area contributed by atoms with Crippen molar-refractivity contribution in [3.05, 3.63) is 29.6 Å². The van der Waals surface area contributed by atoms with Gasteiger partial charge in [0.15, 0.2) is 0 Å². The normalized spacial score (nSPS) is 17.4. The summed E-state index contributed by atoms with van der Waals surface area (Å²) in [4.78, 5) is 4.23. The molecule has 1 atom stereocenters. The number of nitrogens with zero attached hydrogens (tertiary/aromatic N) is 1. The highest BCUT2D eigenvalue weighted by Crippen LogP contribution is 2.41. The Balaban J connectivity index is 2.16. The van der Waals surface area contributed by atoms with Crippen molar-refractivity contribution in [1.29, 1.82) is 0 Å². The van der Waals surface area contributed by atoms with Crippen LogP contribution in [0.15, 0.2) is 18.5 Å². The van der Waals surface area contributed by atoms with Crippen LogP contribution in [0.1, 0.15) is 50.3 Å². The Morgan fingerprint density at radius 3 is 2.88 bits per heavy atom. The second-order valence-corrected chi connectivity index (χ2v) is 4.70. The highest BCUT2D eigenvalue weighted by molar-refractivity contribution is 5.28. The summed E-state index contributed by atoms with van der Waals surface area (Å²) in [7, 11) is 0. The zero-order valence-electron chi connectivity index (χ0n) is 10.4. The first-order valence-electron chi connectivity index (χ1n) is 6.53. The quantitative estimate of drug-likeness (QED) is 0.793. The molecule has 0 saturated heterocycles. The van der Waals surface area contributed by atoms with Crippen molar-refractivity contribution in [2.24, 2.45) is 5.92 Å². The third-order valence-corrected chi connectivity index (χ3v) is 3.36. The predicted octanol–water partition coefficient (Wildman–Crippen LogP) is 3.09. The van der Waals surface area contributed by atoms with Crippen LogP contribution >= 0.6 is 0 Å². The summed E-state index contributed by atoms with van der Waals surface area (Å²) in [6.07, 6.45) is 9.01. The van der Waals surface area contributed by atoms with Crippen LogP contribution in [-0.4, -0.2) is 11.5 Å². The van der Waals surface area contributed by atoms with E-state index >= 15 is 0 Å². The SMILES string of the molecule is CCCNC(c1ccncc1CC)C1CC1. The van der Waals surface area contributed by atoms with Crippen molar-refractivity contribution >= 4 is 0 Å². The Hall–Kier alpha value is -0.890. The van der Waals surface area contributed by atoms with Gasteiger partial charge < -0.3 is 5.32 Å². The van der Waals surface area contributed by atoms with E-state index in [1.807, 2.05) is 12.4 Å². The van der Waals surface area contributed by atoms with Crippen molar-refractivity contribution < 1.29 is 0 Å². The van der Waals surface area contributed by atoms with Gasteiger partial charge in [-0.15, -0.1) is 0 Å². The summed E-state index contributed by atoms with van der Waals surface area (Å²) < 4.78 is 0. The molecular weight excluding hydrogens is 196 g/mol. The highest BCUT2D eigenvalue weighted by atomic mass is 14.9. The maximum absolute atomic E-state index is 4.23. The molecular formula is C14H22N2. The second kappa shape index (κ2) is 5.44. The summed E-state index contributed by atoms with van der Waals surface area (Å²) in [5.74, 6) is 0.860. The van der Waals surface area contributed by atoms with Crippen molar-refractivity contribution in [3.8, 4) is 0 Å². The maximum Gasteiger partial charge on any atom is 0.0352 e. The average Bonchev–Trinajstić information content (AvgIpc) is 3.14. The van der Waals surface area contributed by atoms with E-state index in [-0.39, 0.29) is 0 Å². The van der Waals surface area contributed by atoms with Crippen LogP contribution < -0.4 is 5.32 Å². The van der Waals surface area contributed by atoms with Crippen LogP contribution in [0.5, 0.6) is 0 Å². The minimum atomic E-state index is 0.568. The van der Waals surface area contributed by atoms with Crippen molar-refractivity contribution in [2.45, 2.75) is 45.6 Å². The van der Waals surface area contributed by atoms with Crippen LogP contribution in [0.4, 0.5) is 0 Å². The van der Waals surface area contributed by atoms with E-state index < -0.39 is 0 Å². The van der Waals surface area contributed by atoms with Gasteiger partial charge in [0.25, 0.3) is 0 Å². The molecule has 1 saturated carbocycles. The molecule has 2 nitrogen and oxygen atoms in total. The third kappa shape index (κ3) is 2.62. The predicted molar refractivity (Wildman–Crippen MR) is 67.4 cm³/mol. The van der Waals surface area contributed by atoms with Gasteiger partial charge in [0.2, 0.25) is 0 Å². The Morgan fingerprint density at radius 1 is 1.44 bits per heavy atom. The van der Waals surface area contributed by atoms with Crippen LogP contribution in [-0.2, 0) is 6.42 Å². The van der Waals surface area contributed by atoms with Gasteiger partial charge in [-0.1, -0.05) is 13.8 Å². The molecule has 1 aliphatic carbocycles. The van der Waals surface area contributed by atoms with Crippen LogP contribution in [0.25, 0.3) is 0 Å². The van der Waals surface area contributed by atoms with E-state index in [1.165, 1.54) is 30.4 Å². The lowest BCUT2D eigenvalue weighted by molar-refractivity contribution is 0.478. The van der Waals surface area contributed by atoms with Crippen molar-refractivity contribution in [2.75, 3.05) is 6.54 Å². The molecule has 1 fully saturated rings. The number of hydrogen-bond donors (Lipinski definition) is 1. The summed E-state index contributed by atoms with van der Waals surface area (Å²) in [6, 6.07) is 2.77. The fourth-order valence-electron chi connectivity index (χ4n) is 2.30. The minimum Gasteiger partial charge on any atom is -0.310 e. The minimum absolute atomic E-state index is 0.568. The zero-order chi connectivity index (χ0) is 11.4. The fraction of sp³-hybridized carbons (Fsp3) is 0.643. The molecule has 1 unspecified atom stereocenters. The molecule has 0 aromatic carbocycles. The molecule has 1 aliphatic rings. The molecule has 2 heteroatoms. The summed E-state index contributed by atoms with van der Waals surface area (Å²) >= 11 is 0. The Morgan fingerprint density at radius 2 is 2.25 bits per heavy atom. The first-order valence-corrected chi connectivity index (χ1v) is 6.53. The molecule has 0 aliphatic heterocycles. The molecule has 0 radical (unpaired) electrons. The monoisotopic (exact) mass is 218 g/mol. The molecule has 88 valence electrons. The smallest absolute Gasteiger partial charge is 0.0352 e. The van der Waals surface area contributed by atoms with E-state index in [9.17, 15) is 0 Å². The highest BCUT2D eigenvalue weighted by Gasteiger charge is 2.32. The number of nitrogens with one attached hydrogen (secondary N) is 1. The second-order valence-electron chi connectivity index (χ2n) is 4.70. The number of hydrogen-bond acceptors (Lipinski definition) is 2. The fourth-order valence-corrected chi connectivity index (χ4v) is 2.30. The van der Waals surface area contributed by atoms with Crippen molar-refractivity contribution in [1.82, 2.24) is 10.3 Å². The molecule has 1 N–H and O–H groups in total. The van der Waals surface area contributed by atoms with Gasteiger partial charge in [-0.05, 0) is 55.3 Å². The van der Waals surface area contributed by atoms with Crippen molar-refractivity contribution in [3.63, 3.8) is 0 Å². The number of aryl methyl sites for hydroxylation is 1. The lowest BCUT2D eigenvalue weighted by Gasteiger charge is -2.21. The molecule has 1 heterocycles. The third-order valence-electron chi connectivity index (χ3n) is 3.36. The largest absolute Gasteiger partial charge is 0.310 e. The first kappa shape index (κ1) is 11.6. The maximum atomic E-state index is 4.23. The van der Waals surface area contributed by atoms with Gasteiger partial charge in [0.1, 0.15) is 0 Å².